The molecule has 116 valence electrons. The van der Waals surface area contributed by atoms with Gasteiger partial charge in [0.1, 0.15) is 0 Å². The maximum absolute atomic E-state index is 11.9. The SMILES string of the molecule is CC(C)CNCC1CCCCN1C(C)C(=O)NC(N)=O. The molecule has 6 nitrogen and oxygen atoms in total. The number of nitrogens with zero attached hydrogens (tertiary/aromatic N) is 1. The van der Waals surface area contributed by atoms with Gasteiger partial charge < -0.3 is 11.1 Å². The topological polar surface area (TPSA) is 87.5 Å². The Morgan fingerprint density at radius 3 is 2.60 bits per heavy atom. The van der Waals surface area contributed by atoms with E-state index in [-0.39, 0.29) is 11.9 Å². The highest BCUT2D eigenvalue weighted by Gasteiger charge is 2.30. The second-order valence-electron chi connectivity index (χ2n) is 5.97. The lowest BCUT2D eigenvalue weighted by molar-refractivity contribution is -0.126. The Hall–Kier alpha value is -1.14. The number of urea groups is 1. The van der Waals surface area contributed by atoms with Crippen molar-refractivity contribution in [2.75, 3.05) is 19.6 Å². The van der Waals surface area contributed by atoms with Crippen LogP contribution >= 0.6 is 0 Å². The average Bonchev–Trinajstić information content (AvgIpc) is 2.37. The molecule has 0 aliphatic carbocycles. The molecule has 0 radical (unpaired) electrons. The fourth-order valence-electron chi connectivity index (χ4n) is 2.67. The van der Waals surface area contributed by atoms with Crippen molar-refractivity contribution in [3.63, 3.8) is 0 Å². The van der Waals surface area contributed by atoms with Gasteiger partial charge in [-0.25, -0.2) is 4.79 Å². The average molecular weight is 284 g/mol. The minimum Gasteiger partial charge on any atom is -0.351 e. The van der Waals surface area contributed by atoms with E-state index in [1.807, 2.05) is 6.92 Å². The number of amides is 3. The lowest BCUT2D eigenvalue weighted by atomic mass is 9.99. The van der Waals surface area contributed by atoms with Crippen molar-refractivity contribution < 1.29 is 9.59 Å². The van der Waals surface area contributed by atoms with Crippen LogP contribution in [0.1, 0.15) is 40.0 Å². The minimum atomic E-state index is -0.784. The quantitative estimate of drug-likeness (QED) is 0.669. The Bertz CT molecular complexity index is 333. The molecule has 0 aromatic rings. The number of nitrogens with one attached hydrogen (secondary N) is 2. The Morgan fingerprint density at radius 1 is 1.30 bits per heavy atom. The summed E-state index contributed by atoms with van der Waals surface area (Å²) in [7, 11) is 0. The number of nitrogens with two attached hydrogens (primary N) is 1. The summed E-state index contributed by atoms with van der Waals surface area (Å²) in [6, 6.07) is -0.766. The number of piperidine rings is 1. The molecule has 1 heterocycles. The van der Waals surface area contributed by atoms with Crippen molar-refractivity contribution >= 4 is 11.9 Å². The van der Waals surface area contributed by atoms with Gasteiger partial charge in [-0.2, -0.15) is 0 Å². The third-order valence-electron chi connectivity index (χ3n) is 3.73. The van der Waals surface area contributed by atoms with Crippen LogP contribution in [0, 0.1) is 5.92 Å². The van der Waals surface area contributed by atoms with Crippen LogP contribution in [0.25, 0.3) is 0 Å². The zero-order chi connectivity index (χ0) is 15.1. The van der Waals surface area contributed by atoms with Crippen LogP contribution in [0.15, 0.2) is 0 Å². The molecule has 6 heteroatoms. The molecule has 20 heavy (non-hydrogen) atoms. The van der Waals surface area contributed by atoms with Crippen LogP contribution in [-0.2, 0) is 4.79 Å². The van der Waals surface area contributed by atoms with Crippen molar-refractivity contribution in [1.29, 1.82) is 0 Å². The van der Waals surface area contributed by atoms with Crippen LogP contribution < -0.4 is 16.4 Å². The van der Waals surface area contributed by atoms with Gasteiger partial charge in [0, 0.05) is 12.6 Å². The standard InChI is InChI=1S/C14H28N4O2/c1-10(2)8-16-9-12-6-4-5-7-18(12)11(3)13(19)17-14(15)20/h10-12,16H,4-9H2,1-3H3,(H3,15,17,19,20). The van der Waals surface area contributed by atoms with E-state index < -0.39 is 6.03 Å². The van der Waals surface area contributed by atoms with E-state index in [2.05, 4.69) is 29.4 Å². The number of hydrogen-bond donors (Lipinski definition) is 3. The van der Waals surface area contributed by atoms with Gasteiger partial charge in [-0.15, -0.1) is 0 Å². The van der Waals surface area contributed by atoms with E-state index in [4.69, 9.17) is 5.73 Å². The van der Waals surface area contributed by atoms with Crippen molar-refractivity contribution in [2.24, 2.45) is 11.7 Å². The van der Waals surface area contributed by atoms with E-state index in [0.29, 0.717) is 12.0 Å². The maximum atomic E-state index is 11.9. The molecule has 1 saturated heterocycles. The first-order chi connectivity index (χ1) is 9.41. The summed E-state index contributed by atoms with van der Waals surface area (Å²) in [6.45, 7) is 8.93. The first-order valence-corrected chi connectivity index (χ1v) is 7.48. The number of imide groups is 1. The van der Waals surface area contributed by atoms with Crippen LogP contribution in [0.4, 0.5) is 4.79 Å². The van der Waals surface area contributed by atoms with E-state index in [9.17, 15) is 9.59 Å². The molecule has 3 amide bonds. The van der Waals surface area contributed by atoms with Gasteiger partial charge in [-0.05, 0) is 38.8 Å². The molecular weight excluding hydrogens is 256 g/mol. The van der Waals surface area contributed by atoms with Gasteiger partial charge >= 0.3 is 6.03 Å². The van der Waals surface area contributed by atoms with Crippen molar-refractivity contribution in [2.45, 2.75) is 52.1 Å². The van der Waals surface area contributed by atoms with E-state index in [0.717, 1.165) is 32.5 Å². The molecule has 0 saturated carbocycles. The van der Waals surface area contributed by atoms with Crippen molar-refractivity contribution in [3.8, 4) is 0 Å². The number of likely N-dealkylation sites (tertiary alicyclic amines) is 1. The smallest absolute Gasteiger partial charge is 0.318 e. The van der Waals surface area contributed by atoms with Gasteiger partial charge in [-0.1, -0.05) is 20.3 Å². The first kappa shape index (κ1) is 16.9. The first-order valence-electron chi connectivity index (χ1n) is 7.48. The largest absolute Gasteiger partial charge is 0.351 e. The fraction of sp³-hybridized carbons (Fsp3) is 0.857. The minimum absolute atomic E-state index is 0.312. The van der Waals surface area contributed by atoms with Gasteiger partial charge in [0.15, 0.2) is 0 Å². The molecule has 2 unspecified atom stereocenters. The van der Waals surface area contributed by atoms with Gasteiger partial charge in [0.2, 0.25) is 5.91 Å². The lowest BCUT2D eigenvalue weighted by Crippen LogP contribution is -2.55. The van der Waals surface area contributed by atoms with Crippen LogP contribution in [-0.4, -0.2) is 48.6 Å². The molecule has 0 spiro atoms. The second kappa shape index (κ2) is 8.21. The Labute approximate surface area is 121 Å². The number of rotatable bonds is 6. The van der Waals surface area contributed by atoms with Gasteiger partial charge in [0.25, 0.3) is 0 Å². The maximum Gasteiger partial charge on any atom is 0.318 e. The lowest BCUT2D eigenvalue weighted by Gasteiger charge is -2.39. The van der Waals surface area contributed by atoms with Crippen LogP contribution in [0.2, 0.25) is 0 Å². The molecule has 4 N–H and O–H groups in total. The third kappa shape index (κ3) is 5.46. The van der Waals surface area contributed by atoms with Crippen molar-refractivity contribution in [3.05, 3.63) is 0 Å². The summed E-state index contributed by atoms with van der Waals surface area (Å²) in [4.78, 5) is 24.9. The second-order valence-corrected chi connectivity index (χ2v) is 5.97. The molecule has 1 rings (SSSR count). The number of carbonyl (C=O) groups is 2. The molecule has 1 fully saturated rings. The summed E-state index contributed by atoms with van der Waals surface area (Å²) in [5, 5.41) is 5.63. The predicted octanol–water partition coefficient (Wildman–Crippen LogP) is 0.670. The van der Waals surface area contributed by atoms with Gasteiger partial charge in [-0.3, -0.25) is 15.0 Å². The molecule has 0 aromatic carbocycles. The van der Waals surface area contributed by atoms with E-state index in [1.165, 1.54) is 6.42 Å². The monoisotopic (exact) mass is 284 g/mol. The van der Waals surface area contributed by atoms with Gasteiger partial charge in [0.05, 0.1) is 6.04 Å². The molecule has 2 atom stereocenters. The highest BCUT2D eigenvalue weighted by molar-refractivity contribution is 5.96. The highest BCUT2D eigenvalue weighted by Crippen LogP contribution is 2.19. The third-order valence-corrected chi connectivity index (χ3v) is 3.73. The Kier molecular flexibility index (Phi) is 6.95. The van der Waals surface area contributed by atoms with Crippen LogP contribution in [0.5, 0.6) is 0 Å². The normalized spacial score (nSPS) is 21.7. The summed E-state index contributed by atoms with van der Waals surface area (Å²) in [6.07, 6.45) is 3.36. The molecule has 1 aliphatic heterocycles. The van der Waals surface area contributed by atoms with Crippen molar-refractivity contribution in [1.82, 2.24) is 15.5 Å². The molecule has 0 aromatic heterocycles. The summed E-state index contributed by atoms with van der Waals surface area (Å²) >= 11 is 0. The predicted molar refractivity (Wildman–Crippen MR) is 79.2 cm³/mol. The molecule has 1 aliphatic rings. The molecular formula is C14H28N4O2. The number of hydrogen-bond acceptors (Lipinski definition) is 4. The van der Waals surface area contributed by atoms with Crippen LogP contribution in [0.3, 0.4) is 0 Å². The Morgan fingerprint density at radius 2 is 2.00 bits per heavy atom. The Balaban J connectivity index is 2.54. The van der Waals surface area contributed by atoms with E-state index in [1.54, 1.807) is 0 Å². The summed E-state index contributed by atoms with van der Waals surface area (Å²) < 4.78 is 0. The zero-order valence-corrected chi connectivity index (χ0v) is 12.8. The number of primary amides is 1. The highest BCUT2D eigenvalue weighted by atomic mass is 16.2. The zero-order valence-electron chi connectivity index (χ0n) is 12.8. The number of carbonyl (C=O) groups excluding carboxylic acids is 2. The summed E-state index contributed by atoms with van der Waals surface area (Å²) in [5.74, 6) is 0.302. The summed E-state index contributed by atoms with van der Waals surface area (Å²) in [5.41, 5.74) is 5.01. The van der Waals surface area contributed by atoms with E-state index >= 15 is 0 Å². The fourth-order valence-corrected chi connectivity index (χ4v) is 2.67. The molecule has 0 bridgehead atoms.